The van der Waals surface area contributed by atoms with E-state index in [1.54, 1.807) is 0 Å². The highest BCUT2D eigenvalue weighted by Crippen LogP contribution is 2.16. The fourth-order valence-electron chi connectivity index (χ4n) is 2.21. The normalized spacial score (nSPS) is 19.7. The third-order valence-corrected chi connectivity index (χ3v) is 3.19. The van der Waals surface area contributed by atoms with Gasteiger partial charge in [-0.1, -0.05) is 0 Å². The van der Waals surface area contributed by atoms with Crippen LogP contribution in [-0.4, -0.2) is 34.1 Å². The molecule has 2 aromatic rings. The van der Waals surface area contributed by atoms with Crippen LogP contribution in [0.5, 0.6) is 0 Å². The number of aromatic nitrogens is 3. The summed E-state index contributed by atoms with van der Waals surface area (Å²) in [6.45, 7) is 2.10. The molecule has 0 aromatic carbocycles. The SMILES string of the molecule is c1c[nH]c(-c2cnc(NC3CCCNC3)nc2)c1. The molecule has 0 bridgehead atoms. The average molecular weight is 243 g/mol. The molecule has 1 aliphatic heterocycles. The van der Waals surface area contributed by atoms with Crippen LogP contribution in [0.15, 0.2) is 30.7 Å². The predicted octanol–water partition coefficient (Wildman–Crippen LogP) is 1.64. The molecule has 1 fully saturated rings. The molecule has 2 aromatic heterocycles. The van der Waals surface area contributed by atoms with E-state index >= 15 is 0 Å². The van der Waals surface area contributed by atoms with Gasteiger partial charge in [0.25, 0.3) is 0 Å². The third-order valence-electron chi connectivity index (χ3n) is 3.19. The van der Waals surface area contributed by atoms with Gasteiger partial charge in [0.1, 0.15) is 0 Å². The first-order chi connectivity index (χ1) is 8.92. The van der Waals surface area contributed by atoms with Crippen molar-refractivity contribution in [2.45, 2.75) is 18.9 Å². The van der Waals surface area contributed by atoms with Gasteiger partial charge in [0.05, 0.1) is 0 Å². The molecule has 0 amide bonds. The number of nitrogens with one attached hydrogen (secondary N) is 3. The number of hydrogen-bond donors (Lipinski definition) is 3. The lowest BCUT2D eigenvalue weighted by molar-refractivity contribution is 0.478. The van der Waals surface area contributed by atoms with E-state index in [-0.39, 0.29) is 0 Å². The van der Waals surface area contributed by atoms with Gasteiger partial charge in [0.15, 0.2) is 0 Å². The molecule has 0 spiro atoms. The highest BCUT2D eigenvalue weighted by atomic mass is 15.1. The van der Waals surface area contributed by atoms with Crippen molar-refractivity contribution in [3.8, 4) is 11.3 Å². The quantitative estimate of drug-likeness (QED) is 0.766. The number of anilines is 1. The summed E-state index contributed by atoms with van der Waals surface area (Å²) in [5.41, 5.74) is 2.05. The number of nitrogens with zero attached hydrogens (tertiary/aromatic N) is 2. The van der Waals surface area contributed by atoms with Gasteiger partial charge in [0, 0.05) is 42.4 Å². The van der Waals surface area contributed by atoms with E-state index in [1.807, 2.05) is 30.7 Å². The first-order valence-electron chi connectivity index (χ1n) is 6.35. The van der Waals surface area contributed by atoms with Crippen molar-refractivity contribution in [3.63, 3.8) is 0 Å². The molecule has 0 radical (unpaired) electrons. The van der Waals surface area contributed by atoms with Crippen molar-refractivity contribution in [1.82, 2.24) is 20.3 Å². The molecule has 5 nitrogen and oxygen atoms in total. The molecule has 18 heavy (non-hydrogen) atoms. The molecule has 5 heteroatoms. The molecule has 3 heterocycles. The van der Waals surface area contributed by atoms with Crippen LogP contribution in [-0.2, 0) is 0 Å². The molecule has 1 atom stereocenters. The van der Waals surface area contributed by atoms with E-state index in [4.69, 9.17) is 0 Å². The Morgan fingerprint density at radius 2 is 2.17 bits per heavy atom. The molecular weight excluding hydrogens is 226 g/mol. The Morgan fingerprint density at radius 3 is 2.83 bits per heavy atom. The molecule has 3 N–H and O–H groups in total. The number of rotatable bonds is 3. The van der Waals surface area contributed by atoms with Gasteiger partial charge in [-0.3, -0.25) is 0 Å². The zero-order valence-electron chi connectivity index (χ0n) is 10.2. The number of hydrogen-bond acceptors (Lipinski definition) is 4. The minimum absolute atomic E-state index is 0.440. The van der Waals surface area contributed by atoms with Crippen molar-refractivity contribution in [3.05, 3.63) is 30.7 Å². The summed E-state index contributed by atoms with van der Waals surface area (Å²) < 4.78 is 0. The lowest BCUT2D eigenvalue weighted by atomic mass is 10.1. The second-order valence-corrected chi connectivity index (χ2v) is 4.57. The largest absolute Gasteiger partial charge is 0.361 e. The Labute approximate surface area is 106 Å². The highest BCUT2D eigenvalue weighted by Gasteiger charge is 2.13. The number of H-pyrrole nitrogens is 1. The minimum Gasteiger partial charge on any atom is -0.361 e. The zero-order chi connectivity index (χ0) is 12.2. The average Bonchev–Trinajstić information content (AvgIpc) is 2.95. The molecule has 0 aliphatic carbocycles. The maximum absolute atomic E-state index is 4.36. The second-order valence-electron chi connectivity index (χ2n) is 4.57. The summed E-state index contributed by atoms with van der Waals surface area (Å²) >= 11 is 0. The summed E-state index contributed by atoms with van der Waals surface area (Å²) in [5, 5.41) is 6.72. The first-order valence-corrected chi connectivity index (χ1v) is 6.35. The van der Waals surface area contributed by atoms with Gasteiger partial charge in [-0.25, -0.2) is 9.97 Å². The second kappa shape index (κ2) is 5.18. The van der Waals surface area contributed by atoms with Crippen LogP contribution < -0.4 is 10.6 Å². The van der Waals surface area contributed by atoms with Crippen LogP contribution in [0.2, 0.25) is 0 Å². The highest BCUT2D eigenvalue weighted by molar-refractivity contribution is 5.57. The summed E-state index contributed by atoms with van der Waals surface area (Å²) in [7, 11) is 0. The molecule has 0 saturated carbocycles. The lowest BCUT2D eigenvalue weighted by Gasteiger charge is -2.23. The van der Waals surface area contributed by atoms with Crippen molar-refractivity contribution in [2.24, 2.45) is 0 Å². The minimum atomic E-state index is 0.440. The number of piperidine rings is 1. The van der Waals surface area contributed by atoms with E-state index in [9.17, 15) is 0 Å². The smallest absolute Gasteiger partial charge is 0.222 e. The Balaban J connectivity index is 1.67. The summed E-state index contributed by atoms with van der Waals surface area (Å²) in [6.07, 6.45) is 7.97. The van der Waals surface area contributed by atoms with E-state index in [2.05, 4.69) is 25.6 Å². The Bertz CT molecular complexity index is 471. The fraction of sp³-hybridized carbons (Fsp3) is 0.385. The number of aromatic amines is 1. The summed E-state index contributed by atoms with van der Waals surface area (Å²) in [6, 6.07) is 4.42. The van der Waals surface area contributed by atoms with Gasteiger partial charge >= 0.3 is 0 Å². The van der Waals surface area contributed by atoms with E-state index in [1.165, 1.54) is 12.8 Å². The van der Waals surface area contributed by atoms with Gasteiger partial charge in [0.2, 0.25) is 5.95 Å². The van der Waals surface area contributed by atoms with E-state index < -0.39 is 0 Å². The summed E-state index contributed by atoms with van der Waals surface area (Å²) in [5.74, 6) is 0.707. The molecule has 1 unspecified atom stereocenters. The van der Waals surface area contributed by atoms with Crippen LogP contribution >= 0.6 is 0 Å². The molecule has 3 rings (SSSR count). The van der Waals surface area contributed by atoms with Crippen LogP contribution in [0.25, 0.3) is 11.3 Å². The van der Waals surface area contributed by atoms with Crippen molar-refractivity contribution in [1.29, 1.82) is 0 Å². The molecular formula is C13H17N5. The van der Waals surface area contributed by atoms with Crippen LogP contribution in [0.3, 0.4) is 0 Å². The Kier molecular flexibility index (Phi) is 3.23. The van der Waals surface area contributed by atoms with Crippen LogP contribution in [0.1, 0.15) is 12.8 Å². The Hall–Kier alpha value is -1.88. The summed E-state index contributed by atoms with van der Waals surface area (Å²) in [4.78, 5) is 11.9. The standard InChI is InChI=1S/C13H17N5/c1-3-11(9-14-5-1)18-13-16-7-10(8-17-13)12-4-2-6-15-12/h2,4,6-8,11,14-15H,1,3,5,9H2,(H,16,17,18). The van der Waals surface area contributed by atoms with Gasteiger partial charge in [-0.15, -0.1) is 0 Å². The monoisotopic (exact) mass is 243 g/mol. The van der Waals surface area contributed by atoms with Crippen LogP contribution in [0.4, 0.5) is 5.95 Å². The lowest BCUT2D eigenvalue weighted by Crippen LogP contribution is -2.38. The first kappa shape index (κ1) is 11.2. The van der Waals surface area contributed by atoms with E-state index in [0.29, 0.717) is 12.0 Å². The van der Waals surface area contributed by atoms with E-state index in [0.717, 1.165) is 24.3 Å². The fourth-order valence-corrected chi connectivity index (χ4v) is 2.21. The van der Waals surface area contributed by atoms with Crippen molar-refractivity contribution >= 4 is 5.95 Å². The molecule has 94 valence electrons. The predicted molar refractivity (Wildman–Crippen MR) is 71.3 cm³/mol. The third kappa shape index (κ3) is 2.51. The van der Waals surface area contributed by atoms with Gasteiger partial charge < -0.3 is 15.6 Å². The van der Waals surface area contributed by atoms with Crippen LogP contribution in [0, 0.1) is 0 Å². The maximum atomic E-state index is 4.36. The zero-order valence-corrected chi connectivity index (χ0v) is 10.2. The molecule has 1 aliphatic rings. The van der Waals surface area contributed by atoms with Crippen molar-refractivity contribution in [2.75, 3.05) is 18.4 Å². The van der Waals surface area contributed by atoms with Crippen molar-refractivity contribution < 1.29 is 0 Å². The van der Waals surface area contributed by atoms with Gasteiger partial charge in [-0.05, 0) is 31.5 Å². The maximum Gasteiger partial charge on any atom is 0.222 e. The van der Waals surface area contributed by atoms with Gasteiger partial charge in [-0.2, -0.15) is 0 Å². The topological polar surface area (TPSA) is 65.6 Å². The molecule has 1 saturated heterocycles. The Morgan fingerprint density at radius 1 is 1.28 bits per heavy atom.